The molecule has 1 unspecified atom stereocenters. The van der Waals surface area contributed by atoms with Crippen LogP contribution in [0.1, 0.15) is 38.8 Å². The second-order valence-electron chi connectivity index (χ2n) is 10.0. The van der Waals surface area contributed by atoms with E-state index in [1.807, 2.05) is 45.0 Å². The first-order chi connectivity index (χ1) is 19.0. The summed E-state index contributed by atoms with van der Waals surface area (Å²) < 4.78 is 34.7. The Kier molecular flexibility index (Phi) is 10.7. The number of anilines is 1. The highest BCUT2D eigenvalue weighted by Crippen LogP contribution is 2.32. The Labute approximate surface area is 238 Å². The monoisotopic (exact) mass is 565 g/mol. The lowest BCUT2D eigenvalue weighted by Crippen LogP contribution is -2.51. The molecule has 3 aromatic rings. The van der Waals surface area contributed by atoms with Crippen molar-refractivity contribution in [2.24, 2.45) is 5.92 Å². The first-order valence-corrected chi connectivity index (χ1v) is 14.9. The summed E-state index contributed by atoms with van der Waals surface area (Å²) in [6, 6.07) is 21.5. The number of hydrogen-bond acceptors (Lipinski definition) is 5. The normalized spacial score (nSPS) is 12.1. The number of sulfonamides is 1. The summed E-state index contributed by atoms with van der Waals surface area (Å²) in [5, 5.41) is 2.89. The number of rotatable bonds is 13. The van der Waals surface area contributed by atoms with Gasteiger partial charge in [-0.25, -0.2) is 8.42 Å². The number of nitrogens with zero attached hydrogens (tertiary/aromatic N) is 2. The maximum atomic E-state index is 14.0. The van der Waals surface area contributed by atoms with Crippen LogP contribution in [0.2, 0.25) is 0 Å². The Bertz CT molecular complexity index is 1380. The molecule has 0 spiro atoms. The van der Waals surface area contributed by atoms with E-state index in [0.717, 1.165) is 15.4 Å². The van der Waals surface area contributed by atoms with Crippen molar-refractivity contribution >= 4 is 27.5 Å². The number of nitrogens with one attached hydrogen (secondary N) is 1. The van der Waals surface area contributed by atoms with Crippen LogP contribution >= 0.6 is 0 Å². The van der Waals surface area contributed by atoms with Crippen molar-refractivity contribution in [1.29, 1.82) is 0 Å². The summed E-state index contributed by atoms with van der Waals surface area (Å²) >= 11 is 0. The predicted molar refractivity (Wildman–Crippen MR) is 158 cm³/mol. The number of carbonyl (C=O) groups is 2. The topological polar surface area (TPSA) is 96.0 Å². The summed E-state index contributed by atoms with van der Waals surface area (Å²) in [6.07, 6.45) is 0. The van der Waals surface area contributed by atoms with Gasteiger partial charge in [0.15, 0.2) is 0 Å². The third-order valence-corrected chi connectivity index (χ3v) is 8.14. The Balaban J connectivity index is 2.04. The van der Waals surface area contributed by atoms with Gasteiger partial charge in [0, 0.05) is 13.1 Å². The number of para-hydroxylation sites is 2. The molecule has 3 rings (SSSR count). The molecule has 1 atom stereocenters. The van der Waals surface area contributed by atoms with Crippen LogP contribution in [-0.4, -0.2) is 50.9 Å². The molecule has 0 saturated carbocycles. The second-order valence-corrected chi connectivity index (χ2v) is 11.9. The van der Waals surface area contributed by atoms with E-state index >= 15 is 0 Å². The van der Waals surface area contributed by atoms with Gasteiger partial charge in [0.2, 0.25) is 11.8 Å². The van der Waals surface area contributed by atoms with Gasteiger partial charge < -0.3 is 15.0 Å². The lowest BCUT2D eigenvalue weighted by molar-refractivity contribution is -0.139. The third kappa shape index (κ3) is 7.85. The maximum absolute atomic E-state index is 14.0. The van der Waals surface area contributed by atoms with Crippen LogP contribution in [0.15, 0.2) is 83.8 Å². The van der Waals surface area contributed by atoms with Gasteiger partial charge in [-0.05, 0) is 56.5 Å². The molecule has 0 aliphatic rings. The van der Waals surface area contributed by atoms with Crippen LogP contribution in [0, 0.1) is 12.8 Å². The number of benzene rings is 3. The average molecular weight is 566 g/mol. The fraction of sp³-hybridized carbons (Fsp3) is 0.355. The third-order valence-electron chi connectivity index (χ3n) is 6.37. The van der Waals surface area contributed by atoms with Gasteiger partial charge in [0.05, 0.1) is 17.2 Å². The summed E-state index contributed by atoms with van der Waals surface area (Å²) in [5.74, 6) is -0.246. The van der Waals surface area contributed by atoms with E-state index < -0.39 is 28.5 Å². The lowest BCUT2D eigenvalue weighted by atomic mass is 10.1. The highest BCUT2D eigenvalue weighted by atomic mass is 32.2. The van der Waals surface area contributed by atoms with Crippen molar-refractivity contribution in [2.75, 3.05) is 24.0 Å². The molecule has 0 bridgehead atoms. The highest BCUT2D eigenvalue weighted by molar-refractivity contribution is 7.92. The van der Waals surface area contributed by atoms with Crippen molar-refractivity contribution in [1.82, 2.24) is 10.2 Å². The average Bonchev–Trinajstić information content (AvgIpc) is 2.94. The van der Waals surface area contributed by atoms with Crippen LogP contribution in [0.5, 0.6) is 5.75 Å². The molecular weight excluding hydrogens is 526 g/mol. The molecule has 0 heterocycles. The summed E-state index contributed by atoms with van der Waals surface area (Å²) in [7, 11) is -4.16. The number of ether oxygens (including phenoxy) is 1. The zero-order chi connectivity index (χ0) is 29.3. The van der Waals surface area contributed by atoms with Gasteiger partial charge in [-0.2, -0.15) is 0 Å². The number of hydrogen-bond donors (Lipinski definition) is 1. The van der Waals surface area contributed by atoms with E-state index in [-0.39, 0.29) is 29.0 Å². The van der Waals surface area contributed by atoms with E-state index in [1.165, 1.54) is 17.0 Å². The van der Waals surface area contributed by atoms with E-state index in [2.05, 4.69) is 5.32 Å². The van der Waals surface area contributed by atoms with Crippen LogP contribution < -0.4 is 14.4 Å². The van der Waals surface area contributed by atoms with E-state index in [9.17, 15) is 18.0 Å². The van der Waals surface area contributed by atoms with Gasteiger partial charge >= 0.3 is 0 Å². The Morgan fingerprint density at radius 2 is 1.52 bits per heavy atom. The zero-order valence-corrected chi connectivity index (χ0v) is 24.6. The molecule has 3 aromatic carbocycles. The first kappa shape index (κ1) is 30.7. The van der Waals surface area contributed by atoms with Crippen molar-refractivity contribution < 1.29 is 22.7 Å². The van der Waals surface area contributed by atoms with Gasteiger partial charge in [0.1, 0.15) is 18.3 Å². The predicted octanol–water partition coefficient (Wildman–Crippen LogP) is 4.78. The van der Waals surface area contributed by atoms with Crippen molar-refractivity contribution in [3.8, 4) is 5.75 Å². The Morgan fingerprint density at radius 1 is 0.900 bits per heavy atom. The zero-order valence-electron chi connectivity index (χ0n) is 23.8. The second kappa shape index (κ2) is 14.0. The minimum absolute atomic E-state index is 0.0434. The van der Waals surface area contributed by atoms with E-state index in [1.54, 1.807) is 56.3 Å². The van der Waals surface area contributed by atoms with Gasteiger partial charge in [-0.3, -0.25) is 13.9 Å². The molecule has 1 N–H and O–H groups in total. The summed E-state index contributed by atoms with van der Waals surface area (Å²) in [6.45, 7) is 9.81. The number of aryl methyl sites for hydroxylation is 1. The molecule has 9 heteroatoms. The summed E-state index contributed by atoms with van der Waals surface area (Å²) in [5.41, 5.74) is 2.14. The van der Waals surface area contributed by atoms with Crippen molar-refractivity contribution in [3.63, 3.8) is 0 Å². The molecule has 0 aliphatic heterocycles. The van der Waals surface area contributed by atoms with Crippen LogP contribution in [-0.2, 0) is 26.2 Å². The molecule has 214 valence electrons. The molecule has 8 nitrogen and oxygen atoms in total. The molecule has 0 aliphatic carbocycles. The molecule has 2 amide bonds. The van der Waals surface area contributed by atoms with E-state index in [0.29, 0.717) is 18.9 Å². The fourth-order valence-corrected chi connectivity index (χ4v) is 5.54. The quantitative estimate of drug-likeness (QED) is 0.322. The fourth-order valence-electron chi connectivity index (χ4n) is 4.10. The van der Waals surface area contributed by atoms with Crippen LogP contribution in [0.25, 0.3) is 0 Å². The first-order valence-electron chi connectivity index (χ1n) is 13.5. The molecule has 0 radical (unpaired) electrons. The molecule has 0 aromatic heterocycles. The van der Waals surface area contributed by atoms with Crippen molar-refractivity contribution in [2.45, 2.75) is 52.1 Å². The minimum Gasteiger partial charge on any atom is -0.492 e. The van der Waals surface area contributed by atoms with Crippen LogP contribution in [0.3, 0.4) is 0 Å². The smallest absolute Gasteiger partial charge is 0.264 e. The van der Waals surface area contributed by atoms with Crippen LogP contribution in [0.4, 0.5) is 5.69 Å². The maximum Gasteiger partial charge on any atom is 0.264 e. The molecule has 40 heavy (non-hydrogen) atoms. The van der Waals surface area contributed by atoms with Gasteiger partial charge in [-0.1, -0.05) is 74.0 Å². The van der Waals surface area contributed by atoms with E-state index in [4.69, 9.17) is 4.74 Å². The molecule has 0 saturated heterocycles. The van der Waals surface area contributed by atoms with Crippen molar-refractivity contribution in [3.05, 3.63) is 90.0 Å². The summed E-state index contributed by atoms with van der Waals surface area (Å²) in [4.78, 5) is 28.6. The lowest BCUT2D eigenvalue weighted by Gasteiger charge is -2.32. The standard InChI is InChI=1S/C31H39N3O5S/c1-6-39-29-15-11-10-14-28(29)34(40(37,38)27-12-8-7-9-13-27)22-30(35)33(21-26-18-16-24(4)17-19-26)25(5)31(36)32-20-23(2)3/h7-19,23,25H,6,20-22H2,1-5H3,(H,32,36). The molecular formula is C31H39N3O5S. The largest absolute Gasteiger partial charge is 0.492 e. The SMILES string of the molecule is CCOc1ccccc1N(CC(=O)N(Cc1ccc(C)cc1)C(C)C(=O)NCC(C)C)S(=O)(=O)c1ccccc1. The number of amides is 2. The minimum atomic E-state index is -4.16. The van der Waals surface area contributed by atoms with Gasteiger partial charge in [0.25, 0.3) is 10.0 Å². The van der Waals surface area contributed by atoms with Gasteiger partial charge in [-0.15, -0.1) is 0 Å². The Morgan fingerprint density at radius 3 is 2.15 bits per heavy atom. The molecule has 0 fully saturated rings. The highest BCUT2D eigenvalue weighted by Gasteiger charge is 2.33. The number of carbonyl (C=O) groups excluding carboxylic acids is 2. The Hall–Kier alpha value is -3.85.